The van der Waals surface area contributed by atoms with Gasteiger partial charge in [-0.05, 0) is 43.2 Å². The zero-order chi connectivity index (χ0) is 18.2. The summed E-state index contributed by atoms with van der Waals surface area (Å²) >= 11 is 5.98. The van der Waals surface area contributed by atoms with E-state index in [1.165, 1.54) is 22.5 Å². The molecule has 3 rings (SSSR count). The molecule has 0 atom stereocenters. The van der Waals surface area contributed by atoms with E-state index in [4.69, 9.17) is 11.6 Å². The first-order valence-corrected chi connectivity index (χ1v) is 11.1. The van der Waals surface area contributed by atoms with E-state index in [2.05, 4.69) is 4.72 Å². The lowest BCUT2D eigenvalue weighted by Gasteiger charge is -2.19. The van der Waals surface area contributed by atoms with Crippen LogP contribution in [0.15, 0.2) is 47.4 Å². The van der Waals surface area contributed by atoms with Gasteiger partial charge in [-0.2, -0.15) is 0 Å². The van der Waals surface area contributed by atoms with Crippen molar-refractivity contribution in [3.8, 4) is 0 Å². The number of nitrogens with one attached hydrogen (secondary N) is 1. The zero-order valence-corrected chi connectivity index (χ0v) is 15.8. The molecule has 9 heteroatoms. The normalized spacial score (nSPS) is 16.8. The Morgan fingerprint density at radius 1 is 1.16 bits per heavy atom. The third-order valence-electron chi connectivity index (χ3n) is 3.98. The molecule has 1 N–H and O–H groups in total. The number of hydrogen-bond donors (Lipinski definition) is 1. The Morgan fingerprint density at radius 2 is 1.88 bits per heavy atom. The van der Waals surface area contributed by atoms with Gasteiger partial charge in [0.15, 0.2) is 0 Å². The average molecular weight is 401 g/mol. The number of nitrogens with zero attached hydrogens (tertiary/aromatic N) is 1. The number of rotatable bonds is 4. The number of sulfonamides is 2. The highest BCUT2D eigenvalue weighted by Gasteiger charge is 2.29. The molecular weight excluding hydrogens is 384 g/mol. The second-order valence-electron chi connectivity index (χ2n) is 5.78. The lowest BCUT2D eigenvalue weighted by molar-refractivity contribution is 0.598. The largest absolute Gasteiger partial charge is 0.279 e. The van der Waals surface area contributed by atoms with Gasteiger partial charge in [-0.15, -0.1) is 0 Å². The van der Waals surface area contributed by atoms with Gasteiger partial charge in [0.1, 0.15) is 4.90 Å². The molecule has 0 radical (unpaired) electrons. The van der Waals surface area contributed by atoms with Crippen LogP contribution in [0.4, 0.5) is 11.4 Å². The second kappa shape index (κ2) is 6.51. The minimum atomic E-state index is -3.89. The van der Waals surface area contributed by atoms with Crippen LogP contribution < -0.4 is 9.03 Å². The molecule has 1 saturated heterocycles. The van der Waals surface area contributed by atoms with Crippen LogP contribution in [0.1, 0.15) is 12.0 Å². The van der Waals surface area contributed by atoms with Gasteiger partial charge in [0.05, 0.1) is 22.2 Å². The maximum absolute atomic E-state index is 12.6. The molecule has 1 aliphatic rings. The maximum atomic E-state index is 12.6. The fraction of sp³-hybridized carbons (Fsp3) is 0.250. The molecule has 1 heterocycles. The topological polar surface area (TPSA) is 83.6 Å². The molecule has 2 aromatic carbocycles. The van der Waals surface area contributed by atoms with Crippen molar-refractivity contribution in [2.45, 2.75) is 18.2 Å². The molecule has 0 aliphatic carbocycles. The third-order valence-corrected chi connectivity index (χ3v) is 7.71. The van der Waals surface area contributed by atoms with E-state index in [1.807, 2.05) is 0 Å². The molecule has 6 nitrogen and oxygen atoms in total. The summed E-state index contributed by atoms with van der Waals surface area (Å²) < 4.78 is 53.2. The highest BCUT2D eigenvalue weighted by Crippen LogP contribution is 2.30. The Kier molecular flexibility index (Phi) is 4.70. The van der Waals surface area contributed by atoms with Gasteiger partial charge in [-0.3, -0.25) is 9.03 Å². The van der Waals surface area contributed by atoms with Gasteiger partial charge in [0.25, 0.3) is 10.0 Å². The summed E-state index contributed by atoms with van der Waals surface area (Å²) in [5, 5.41) is 0.117. The van der Waals surface area contributed by atoms with E-state index in [9.17, 15) is 16.8 Å². The number of hydrogen-bond acceptors (Lipinski definition) is 4. The van der Waals surface area contributed by atoms with Gasteiger partial charge in [0.2, 0.25) is 10.0 Å². The van der Waals surface area contributed by atoms with Gasteiger partial charge in [-0.25, -0.2) is 16.8 Å². The molecule has 0 saturated carbocycles. The molecule has 134 valence electrons. The van der Waals surface area contributed by atoms with Crippen LogP contribution in [-0.2, 0) is 20.0 Å². The Balaban J connectivity index is 1.98. The van der Waals surface area contributed by atoms with Crippen LogP contribution in [-0.4, -0.2) is 29.1 Å². The smallest absolute Gasteiger partial charge is 0.263 e. The highest BCUT2D eigenvalue weighted by atomic mass is 35.5. The van der Waals surface area contributed by atoms with Gasteiger partial charge in [-0.1, -0.05) is 29.8 Å². The van der Waals surface area contributed by atoms with Crippen LogP contribution in [0.5, 0.6) is 0 Å². The van der Waals surface area contributed by atoms with Gasteiger partial charge < -0.3 is 0 Å². The van der Waals surface area contributed by atoms with Crippen LogP contribution >= 0.6 is 11.6 Å². The first-order chi connectivity index (χ1) is 11.7. The summed E-state index contributed by atoms with van der Waals surface area (Å²) in [6.45, 7) is 2.13. The monoisotopic (exact) mass is 400 g/mol. The minimum Gasteiger partial charge on any atom is -0.279 e. The molecule has 0 bridgehead atoms. The van der Waals surface area contributed by atoms with Crippen LogP contribution in [0.2, 0.25) is 5.02 Å². The second-order valence-corrected chi connectivity index (χ2v) is 9.85. The van der Waals surface area contributed by atoms with E-state index in [-0.39, 0.29) is 15.7 Å². The van der Waals surface area contributed by atoms with E-state index in [0.29, 0.717) is 29.9 Å². The first kappa shape index (κ1) is 18.0. The molecule has 1 aliphatic heterocycles. The standard InChI is InChI=1S/C16H17ClN2O4S2/c1-12-7-8-13(19-9-4-10-24(19,20)21)11-15(12)18-25(22,23)16-6-3-2-5-14(16)17/h2-3,5-8,11,18H,4,9-10H2,1H3. The van der Waals surface area contributed by atoms with Crippen molar-refractivity contribution < 1.29 is 16.8 Å². The molecule has 0 aromatic heterocycles. The van der Waals surface area contributed by atoms with Crippen molar-refractivity contribution in [2.75, 3.05) is 21.3 Å². The van der Waals surface area contributed by atoms with E-state index in [0.717, 1.165) is 0 Å². The van der Waals surface area contributed by atoms with Crippen molar-refractivity contribution in [1.82, 2.24) is 0 Å². The summed E-state index contributed by atoms with van der Waals surface area (Å²) in [6, 6.07) is 11.0. The van der Waals surface area contributed by atoms with Gasteiger partial charge >= 0.3 is 0 Å². The predicted octanol–water partition coefficient (Wildman–Crippen LogP) is 2.99. The molecule has 0 spiro atoms. The lowest BCUT2D eigenvalue weighted by Crippen LogP contribution is -2.25. The number of benzene rings is 2. The van der Waals surface area contributed by atoms with Crippen LogP contribution in [0, 0.1) is 6.92 Å². The fourth-order valence-corrected chi connectivity index (χ4v) is 5.87. The van der Waals surface area contributed by atoms with Crippen molar-refractivity contribution >= 4 is 43.0 Å². The van der Waals surface area contributed by atoms with E-state index >= 15 is 0 Å². The summed E-state index contributed by atoms with van der Waals surface area (Å²) in [6.07, 6.45) is 0.552. The Morgan fingerprint density at radius 3 is 2.52 bits per heavy atom. The first-order valence-electron chi connectivity index (χ1n) is 7.59. The van der Waals surface area contributed by atoms with E-state index < -0.39 is 20.0 Å². The van der Waals surface area contributed by atoms with Crippen LogP contribution in [0.25, 0.3) is 0 Å². The number of aryl methyl sites for hydroxylation is 1. The molecule has 2 aromatic rings. The van der Waals surface area contributed by atoms with Crippen molar-refractivity contribution in [3.63, 3.8) is 0 Å². The van der Waals surface area contributed by atoms with E-state index in [1.54, 1.807) is 31.2 Å². The Bertz CT molecular complexity index is 1020. The third kappa shape index (κ3) is 3.61. The minimum absolute atomic E-state index is 0.0322. The summed E-state index contributed by atoms with van der Waals surface area (Å²) in [5.74, 6) is 0.0988. The fourth-order valence-electron chi connectivity index (χ4n) is 2.67. The molecule has 0 amide bonds. The summed E-state index contributed by atoms with van der Waals surface area (Å²) in [4.78, 5) is -0.0322. The molecule has 25 heavy (non-hydrogen) atoms. The lowest BCUT2D eigenvalue weighted by atomic mass is 10.2. The quantitative estimate of drug-likeness (QED) is 0.855. The van der Waals surface area contributed by atoms with Crippen molar-refractivity contribution in [1.29, 1.82) is 0 Å². The highest BCUT2D eigenvalue weighted by molar-refractivity contribution is 7.93. The average Bonchev–Trinajstić information content (AvgIpc) is 2.89. The summed E-state index contributed by atoms with van der Waals surface area (Å²) in [7, 11) is -7.22. The Labute approximate surface area is 152 Å². The molecular formula is C16H17ClN2O4S2. The molecule has 1 fully saturated rings. The summed E-state index contributed by atoms with van der Waals surface area (Å²) in [5.41, 5.74) is 1.44. The molecule has 0 unspecified atom stereocenters. The maximum Gasteiger partial charge on any atom is 0.263 e. The Hall–Kier alpha value is -1.77. The number of anilines is 2. The van der Waals surface area contributed by atoms with Crippen molar-refractivity contribution in [2.24, 2.45) is 0 Å². The van der Waals surface area contributed by atoms with Crippen LogP contribution in [0.3, 0.4) is 0 Å². The zero-order valence-electron chi connectivity index (χ0n) is 13.4. The SMILES string of the molecule is Cc1ccc(N2CCCS2(=O)=O)cc1NS(=O)(=O)c1ccccc1Cl. The van der Waals surface area contributed by atoms with Gasteiger partial charge in [0, 0.05) is 6.54 Å². The van der Waals surface area contributed by atoms with Crippen molar-refractivity contribution in [3.05, 3.63) is 53.1 Å². The predicted molar refractivity (Wildman–Crippen MR) is 99.2 cm³/mol. The number of halogens is 1.